The Hall–Kier alpha value is -1.48. The first-order valence-corrected chi connectivity index (χ1v) is 6.73. The van der Waals surface area contributed by atoms with Crippen molar-refractivity contribution in [3.8, 4) is 0 Å². The Balaban J connectivity index is 2.31. The van der Waals surface area contributed by atoms with Crippen LogP contribution in [-0.4, -0.2) is 9.97 Å². The molecule has 0 fully saturated rings. The quantitative estimate of drug-likeness (QED) is 0.884. The molecule has 0 radical (unpaired) electrons. The summed E-state index contributed by atoms with van der Waals surface area (Å²) in [6.45, 7) is 13.1. The maximum atomic E-state index is 6.35. The summed E-state index contributed by atoms with van der Waals surface area (Å²) in [5.74, 6) is 0. The van der Waals surface area contributed by atoms with Crippen LogP contribution in [0, 0.1) is 12.3 Å². The number of hydrogen-bond acceptors (Lipinski definition) is 2. The molecule has 4 heteroatoms. The summed E-state index contributed by atoms with van der Waals surface area (Å²) < 4.78 is 0. The van der Waals surface area contributed by atoms with E-state index in [-0.39, 0.29) is 5.41 Å². The van der Waals surface area contributed by atoms with Gasteiger partial charge in [0.1, 0.15) is 0 Å². The molecular weight excluding hydrogens is 258 g/mol. The van der Waals surface area contributed by atoms with Crippen molar-refractivity contribution in [2.24, 2.45) is 5.41 Å². The molecule has 19 heavy (non-hydrogen) atoms. The maximum absolute atomic E-state index is 6.35. The monoisotopic (exact) mass is 277 g/mol. The minimum absolute atomic E-state index is 0.0320. The standard InChI is InChI=1S/C15H20ClN3/c1-9-6-12(16)11(14-13(9)18-8-19-14)7-17-10(2)15(3,4)5/h6,8,17H,2,7H2,1,3-5H3,(H,18,19). The highest BCUT2D eigenvalue weighted by molar-refractivity contribution is 6.32. The van der Waals surface area contributed by atoms with E-state index in [1.807, 2.05) is 13.0 Å². The molecule has 102 valence electrons. The van der Waals surface area contributed by atoms with Crippen molar-refractivity contribution in [3.05, 3.63) is 40.8 Å². The van der Waals surface area contributed by atoms with Crippen molar-refractivity contribution in [1.29, 1.82) is 0 Å². The van der Waals surface area contributed by atoms with E-state index in [0.29, 0.717) is 6.54 Å². The maximum Gasteiger partial charge on any atom is 0.0932 e. The second kappa shape index (κ2) is 4.89. The minimum atomic E-state index is 0.0320. The van der Waals surface area contributed by atoms with E-state index < -0.39 is 0 Å². The summed E-state index contributed by atoms with van der Waals surface area (Å²) in [6.07, 6.45) is 1.70. The number of nitrogens with zero attached hydrogens (tertiary/aromatic N) is 1. The summed E-state index contributed by atoms with van der Waals surface area (Å²) in [5.41, 5.74) is 5.12. The summed E-state index contributed by atoms with van der Waals surface area (Å²) in [4.78, 5) is 7.50. The van der Waals surface area contributed by atoms with E-state index in [1.54, 1.807) is 6.33 Å². The fourth-order valence-corrected chi connectivity index (χ4v) is 2.25. The summed E-state index contributed by atoms with van der Waals surface area (Å²) in [6, 6.07) is 1.96. The van der Waals surface area contributed by atoms with Crippen LogP contribution in [-0.2, 0) is 6.54 Å². The Bertz CT molecular complexity index is 620. The van der Waals surface area contributed by atoms with Crippen LogP contribution >= 0.6 is 11.6 Å². The van der Waals surface area contributed by atoms with E-state index in [2.05, 4.69) is 42.6 Å². The van der Waals surface area contributed by atoms with Gasteiger partial charge in [-0.3, -0.25) is 0 Å². The first-order chi connectivity index (χ1) is 8.80. The molecule has 2 N–H and O–H groups in total. The Kier molecular flexibility index (Phi) is 3.59. The lowest BCUT2D eigenvalue weighted by Crippen LogP contribution is -2.23. The van der Waals surface area contributed by atoms with Crippen LogP contribution in [0.25, 0.3) is 11.0 Å². The summed E-state index contributed by atoms with van der Waals surface area (Å²) in [7, 11) is 0. The van der Waals surface area contributed by atoms with E-state index >= 15 is 0 Å². The first kappa shape index (κ1) is 13.9. The molecule has 3 nitrogen and oxygen atoms in total. The van der Waals surface area contributed by atoms with Gasteiger partial charge >= 0.3 is 0 Å². The van der Waals surface area contributed by atoms with Gasteiger partial charge in [-0.05, 0) is 18.6 Å². The average Bonchev–Trinajstić information content (AvgIpc) is 2.76. The number of aryl methyl sites for hydroxylation is 1. The van der Waals surface area contributed by atoms with E-state index in [9.17, 15) is 0 Å². The van der Waals surface area contributed by atoms with Crippen LogP contribution in [0.15, 0.2) is 24.7 Å². The largest absolute Gasteiger partial charge is 0.384 e. The van der Waals surface area contributed by atoms with Gasteiger partial charge in [0.25, 0.3) is 0 Å². The summed E-state index contributed by atoms with van der Waals surface area (Å²) in [5, 5.41) is 4.11. The number of aromatic amines is 1. The van der Waals surface area contributed by atoms with Gasteiger partial charge in [-0.25, -0.2) is 4.98 Å². The number of hydrogen-bond donors (Lipinski definition) is 2. The van der Waals surface area contributed by atoms with Crippen molar-refractivity contribution >= 4 is 22.6 Å². The van der Waals surface area contributed by atoms with Gasteiger partial charge in [-0.1, -0.05) is 39.0 Å². The number of allylic oxidation sites excluding steroid dienone is 1. The van der Waals surface area contributed by atoms with E-state index in [1.165, 1.54) is 0 Å². The van der Waals surface area contributed by atoms with Crippen LogP contribution in [0.5, 0.6) is 0 Å². The number of halogens is 1. The zero-order chi connectivity index (χ0) is 14.2. The molecule has 0 aliphatic carbocycles. The van der Waals surface area contributed by atoms with Crippen molar-refractivity contribution in [2.75, 3.05) is 0 Å². The van der Waals surface area contributed by atoms with Crippen LogP contribution < -0.4 is 5.32 Å². The van der Waals surface area contributed by atoms with Crippen LogP contribution in [0.2, 0.25) is 5.02 Å². The summed E-state index contributed by atoms with van der Waals surface area (Å²) >= 11 is 6.35. The molecule has 1 aromatic heterocycles. The lowest BCUT2D eigenvalue weighted by molar-refractivity contribution is 0.461. The number of aromatic nitrogens is 2. The fourth-order valence-electron chi connectivity index (χ4n) is 1.92. The third kappa shape index (κ3) is 2.76. The number of fused-ring (bicyclic) bond motifs is 1. The van der Waals surface area contributed by atoms with Crippen molar-refractivity contribution < 1.29 is 0 Å². The van der Waals surface area contributed by atoms with Crippen LogP contribution in [0.4, 0.5) is 0 Å². The van der Waals surface area contributed by atoms with Gasteiger partial charge < -0.3 is 10.3 Å². The highest BCUT2D eigenvalue weighted by Gasteiger charge is 2.16. The predicted molar refractivity (Wildman–Crippen MR) is 81.3 cm³/mol. The van der Waals surface area contributed by atoms with E-state index in [4.69, 9.17) is 11.6 Å². The van der Waals surface area contributed by atoms with Crippen LogP contribution in [0.3, 0.4) is 0 Å². The van der Waals surface area contributed by atoms with Gasteiger partial charge in [-0.15, -0.1) is 0 Å². The number of benzene rings is 1. The normalized spacial score (nSPS) is 11.8. The molecule has 0 unspecified atom stereocenters. The smallest absolute Gasteiger partial charge is 0.0932 e. The Morgan fingerprint density at radius 2 is 2.16 bits per heavy atom. The lowest BCUT2D eigenvalue weighted by atomic mass is 9.93. The SMILES string of the molecule is C=C(NCc1c(Cl)cc(C)c2nc[nH]c12)C(C)(C)C. The molecule has 0 aliphatic rings. The Morgan fingerprint density at radius 1 is 1.47 bits per heavy atom. The Labute approximate surface area is 119 Å². The third-order valence-corrected chi connectivity index (χ3v) is 3.67. The average molecular weight is 278 g/mol. The van der Waals surface area contributed by atoms with E-state index in [0.717, 1.165) is 32.9 Å². The van der Waals surface area contributed by atoms with Gasteiger partial charge in [-0.2, -0.15) is 0 Å². The second-order valence-electron chi connectivity index (χ2n) is 5.86. The molecule has 0 bridgehead atoms. The van der Waals surface area contributed by atoms with Gasteiger partial charge in [0.15, 0.2) is 0 Å². The second-order valence-corrected chi connectivity index (χ2v) is 6.27. The molecule has 0 atom stereocenters. The van der Waals surface area contributed by atoms with Gasteiger partial charge in [0, 0.05) is 28.2 Å². The molecule has 0 amide bonds. The van der Waals surface area contributed by atoms with Crippen LogP contribution in [0.1, 0.15) is 31.9 Å². The Morgan fingerprint density at radius 3 is 2.79 bits per heavy atom. The molecule has 0 saturated heterocycles. The zero-order valence-electron chi connectivity index (χ0n) is 11.9. The van der Waals surface area contributed by atoms with Crippen molar-refractivity contribution in [3.63, 3.8) is 0 Å². The molecule has 0 aliphatic heterocycles. The van der Waals surface area contributed by atoms with Gasteiger partial charge in [0.05, 0.1) is 17.4 Å². The lowest BCUT2D eigenvalue weighted by Gasteiger charge is -2.23. The molecule has 0 saturated carbocycles. The number of H-pyrrole nitrogens is 1. The fraction of sp³-hybridized carbons (Fsp3) is 0.400. The van der Waals surface area contributed by atoms with Crippen molar-refractivity contribution in [2.45, 2.75) is 34.2 Å². The first-order valence-electron chi connectivity index (χ1n) is 6.35. The molecular formula is C15H20ClN3. The number of imidazole rings is 1. The highest BCUT2D eigenvalue weighted by Crippen LogP contribution is 2.28. The predicted octanol–water partition coefficient (Wildman–Crippen LogP) is 4.17. The minimum Gasteiger partial charge on any atom is -0.384 e. The molecule has 2 rings (SSSR count). The van der Waals surface area contributed by atoms with Gasteiger partial charge in [0.2, 0.25) is 0 Å². The zero-order valence-corrected chi connectivity index (χ0v) is 12.7. The topological polar surface area (TPSA) is 40.7 Å². The highest BCUT2D eigenvalue weighted by atomic mass is 35.5. The molecule has 1 heterocycles. The molecule has 0 spiro atoms. The number of rotatable bonds is 3. The molecule has 1 aromatic carbocycles. The molecule has 2 aromatic rings. The third-order valence-electron chi connectivity index (χ3n) is 3.33. The van der Waals surface area contributed by atoms with Crippen molar-refractivity contribution in [1.82, 2.24) is 15.3 Å². The number of nitrogens with one attached hydrogen (secondary N) is 2.